The van der Waals surface area contributed by atoms with Crippen molar-refractivity contribution >= 4 is 11.8 Å². The number of carbonyl (C=O) groups is 2. The SMILES string of the molecule is CN1CC(NC(=O)C2CCCN2)CCC1=O. The second-order valence-corrected chi connectivity index (χ2v) is 4.67. The minimum absolute atomic E-state index is 0.0251. The standard InChI is InChI=1S/C11H19N3O2/c1-14-7-8(4-5-10(14)15)13-11(16)9-3-2-6-12-9/h8-9,12H,2-7H2,1H3,(H,13,16). The minimum Gasteiger partial charge on any atom is -0.350 e. The molecule has 2 rings (SSSR count). The summed E-state index contributed by atoms with van der Waals surface area (Å²) < 4.78 is 0. The van der Waals surface area contributed by atoms with Crippen molar-refractivity contribution < 1.29 is 9.59 Å². The number of hydrogen-bond donors (Lipinski definition) is 2. The first-order valence-electron chi connectivity index (χ1n) is 5.94. The van der Waals surface area contributed by atoms with Gasteiger partial charge in [0, 0.05) is 26.1 Å². The first-order chi connectivity index (χ1) is 7.66. The summed E-state index contributed by atoms with van der Waals surface area (Å²) in [4.78, 5) is 24.8. The minimum atomic E-state index is -0.0251. The first-order valence-corrected chi connectivity index (χ1v) is 5.94. The average molecular weight is 225 g/mol. The molecular formula is C11H19N3O2. The number of nitrogens with one attached hydrogen (secondary N) is 2. The van der Waals surface area contributed by atoms with Crippen molar-refractivity contribution in [3.05, 3.63) is 0 Å². The third-order valence-corrected chi connectivity index (χ3v) is 3.35. The highest BCUT2D eigenvalue weighted by molar-refractivity contribution is 5.83. The van der Waals surface area contributed by atoms with Crippen LogP contribution in [0, 0.1) is 0 Å². The number of amides is 2. The van der Waals surface area contributed by atoms with Gasteiger partial charge >= 0.3 is 0 Å². The Kier molecular flexibility index (Phi) is 3.43. The van der Waals surface area contributed by atoms with Gasteiger partial charge in [-0.15, -0.1) is 0 Å². The Morgan fingerprint density at radius 2 is 2.31 bits per heavy atom. The van der Waals surface area contributed by atoms with Crippen molar-refractivity contribution in [3.8, 4) is 0 Å². The Hall–Kier alpha value is -1.10. The summed E-state index contributed by atoms with van der Waals surface area (Å²) in [6.45, 7) is 1.57. The Balaban J connectivity index is 1.80. The summed E-state index contributed by atoms with van der Waals surface area (Å²) in [6, 6.07) is 0.0977. The molecule has 90 valence electrons. The smallest absolute Gasteiger partial charge is 0.237 e. The molecule has 0 aliphatic carbocycles. The van der Waals surface area contributed by atoms with Gasteiger partial charge in [-0.3, -0.25) is 9.59 Å². The van der Waals surface area contributed by atoms with Crippen LogP contribution in [0.2, 0.25) is 0 Å². The van der Waals surface area contributed by atoms with E-state index in [4.69, 9.17) is 0 Å². The Morgan fingerprint density at radius 3 is 2.94 bits per heavy atom. The maximum absolute atomic E-state index is 11.8. The topological polar surface area (TPSA) is 61.4 Å². The lowest BCUT2D eigenvalue weighted by molar-refractivity contribution is -0.134. The van der Waals surface area contributed by atoms with E-state index in [-0.39, 0.29) is 23.9 Å². The maximum Gasteiger partial charge on any atom is 0.237 e. The van der Waals surface area contributed by atoms with Gasteiger partial charge in [0.05, 0.1) is 6.04 Å². The lowest BCUT2D eigenvalue weighted by Crippen LogP contribution is -2.52. The van der Waals surface area contributed by atoms with Crippen LogP contribution in [0.15, 0.2) is 0 Å². The van der Waals surface area contributed by atoms with E-state index in [1.165, 1.54) is 0 Å². The fourth-order valence-corrected chi connectivity index (χ4v) is 2.34. The monoisotopic (exact) mass is 225 g/mol. The number of nitrogens with zero attached hydrogens (tertiary/aromatic N) is 1. The zero-order chi connectivity index (χ0) is 11.5. The first kappa shape index (κ1) is 11.4. The van der Waals surface area contributed by atoms with Gasteiger partial charge in [0.1, 0.15) is 0 Å². The quantitative estimate of drug-likeness (QED) is 0.664. The molecule has 2 amide bonds. The molecule has 0 saturated carbocycles. The molecule has 2 fully saturated rings. The van der Waals surface area contributed by atoms with Crippen LogP contribution < -0.4 is 10.6 Å². The van der Waals surface area contributed by atoms with Crippen molar-refractivity contribution in [1.82, 2.24) is 15.5 Å². The summed E-state index contributed by atoms with van der Waals surface area (Å²) in [6.07, 6.45) is 3.30. The molecule has 0 bridgehead atoms. The van der Waals surface area contributed by atoms with Crippen molar-refractivity contribution in [3.63, 3.8) is 0 Å². The molecule has 2 unspecified atom stereocenters. The van der Waals surface area contributed by atoms with E-state index in [1.54, 1.807) is 11.9 Å². The van der Waals surface area contributed by atoms with Gasteiger partial charge in [-0.05, 0) is 25.8 Å². The van der Waals surface area contributed by atoms with Gasteiger partial charge in [-0.1, -0.05) is 0 Å². The fraction of sp³-hybridized carbons (Fsp3) is 0.818. The normalized spacial score (nSPS) is 30.6. The highest BCUT2D eigenvalue weighted by Crippen LogP contribution is 2.11. The fourth-order valence-electron chi connectivity index (χ4n) is 2.34. The van der Waals surface area contributed by atoms with Crippen LogP contribution in [0.1, 0.15) is 25.7 Å². The predicted molar refractivity (Wildman–Crippen MR) is 59.8 cm³/mol. The molecule has 5 heteroatoms. The largest absolute Gasteiger partial charge is 0.350 e. The average Bonchev–Trinajstić information content (AvgIpc) is 2.77. The molecule has 0 aromatic rings. The highest BCUT2D eigenvalue weighted by atomic mass is 16.2. The number of likely N-dealkylation sites (tertiary alicyclic amines) is 1. The molecule has 0 radical (unpaired) electrons. The lowest BCUT2D eigenvalue weighted by Gasteiger charge is -2.30. The Morgan fingerprint density at radius 1 is 1.50 bits per heavy atom. The van der Waals surface area contributed by atoms with Crippen molar-refractivity contribution in [2.45, 2.75) is 37.8 Å². The van der Waals surface area contributed by atoms with E-state index in [0.717, 1.165) is 25.8 Å². The predicted octanol–water partition coefficient (Wildman–Crippen LogP) is -0.525. The van der Waals surface area contributed by atoms with Crippen molar-refractivity contribution in [1.29, 1.82) is 0 Å². The Labute approximate surface area is 95.6 Å². The molecule has 2 N–H and O–H groups in total. The van der Waals surface area contributed by atoms with Gasteiger partial charge in [-0.25, -0.2) is 0 Å². The van der Waals surface area contributed by atoms with Crippen LogP contribution in [0.5, 0.6) is 0 Å². The summed E-state index contributed by atoms with van der Waals surface area (Å²) >= 11 is 0. The van der Waals surface area contributed by atoms with Crippen LogP contribution in [0.3, 0.4) is 0 Å². The van der Waals surface area contributed by atoms with Gasteiger partial charge in [0.2, 0.25) is 11.8 Å². The third-order valence-electron chi connectivity index (χ3n) is 3.35. The van der Waals surface area contributed by atoms with Crippen LogP contribution in [-0.2, 0) is 9.59 Å². The van der Waals surface area contributed by atoms with Crippen LogP contribution >= 0.6 is 0 Å². The number of carbonyl (C=O) groups excluding carboxylic acids is 2. The molecule has 2 atom stereocenters. The number of piperidine rings is 1. The molecular weight excluding hydrogens is 206 g/mol. The second-order valence-electron chi connectivity index (χ2n) is 4.67. The number of hydrogen-bond acceptors (Lipinski definition) is 3. The number of rotatable bonds is 2. The summed E-state index contributed by atoms with van der Waals surface area (Å²) in [5, 5.41) is 6.19. The molecule has 2 aliphatic rings. The zero-order valence-electron chi connectivity index (χ0n) is 9.66. The lowest BCUT2D eigenvalue weighted by atomic mass is 10.0. The van der Waals surface area contributed by atoms with Gasteiger partial charge in [0.15, 0.2) is 0 Å². The van der Waals surface area contributed by atoms with Crippen molar-refractivity contribution in [2.75, 3.05) is 20.1 Å². The van der Waals surface area contributed by atoms with Crippen molar-refractivity contribution in [2.24, 2.45) is 0 Å². The molecule has 2 aliphatic heterocycles. The third kappa shape index (κ3) is 2.52. The maximum atomic E-state index is 11.8. The second kappa shape index (κ2) is 4.82. The van der Waals surface area contributed by atoms with E-state index >= 15 is 0 Å². The highest BCUT2D eigenvalue weighted by Gasteiger charge is 2.27. The van der Waals surface area contributed by atoms with E-state index in [9.17, 15) is 9.59 Å². The van der Waals surface area contributed by atoms with Crippen LogP contribution in [0.4, 0.5) is 0 Å². The molecule has 0 aromatic heterocycles. The number of likely N-dealkylation sites (N-methyl/N-ethyl adjacent to an activating group) is 1. The molecule has 5 nitrogen and oxygen atoms in total. The zero-order valence-corrected chi connectivity index (χ0v) is 9.66. The van der Waals surface area contributed by atoms with E-state index in [0.29, 0.717) is 13.0 Å². The molecule has 0 spiro atoms. The summed E-state index contributed by atoms with van der Waals surface area (Å²) in [7, 11) is 1.79. The molecule has 2 saturated heterocycles. The summed E-state index contributed by atoms with van der Waals surface area (Å²) in [5.74, 6) is 0.259. The molecule has 2 heterocycles. The molecule has 16 heavy (non-hydrogen) atoms. The van der Waals surface area contributed by atoms with Crippen LogP contribution in [0.25, 0.3) is 0 Å². The van der Waals surface area contributed by atoms with Gasteiger partial charge in [0.25, 0.3) is 0 Å². The molecule has 0 aromatic carbocycles. The van der Waals surface area contributed by atoms with E-state index in [2.05, 4.69) is 10.6 Å². The van der Waals surface area contributed by atoms with Crippen LogP contribution in [-0.4, -0.2) is 48.9 Å². The Bertz CT molecular complexity index is 287. The van der Waals surface area contributed by atoms with Gasteiger partial charge in [-0.2, -0.15) is 0 Å². The summed E-state index contributed by atoms with van der Waals surface area (Å²) in [5.41, 5.74) is 0. The van der Waals surface area contributed by atoms with E-state index < -0.39 is 0 Å². The van der Waals surface area contributed by atoms with Gasteiger partial charge < -0.3 is 15.5 Å². The van der Waals surface area contributed by atoms with E-state index in [1.807, 2.05) is 0 Å².